The summed E-state index contributed by atoms with van der Waals surface area (Å²) < 4.78 is 14.0. The predicted molar refractivity (Wildman–Crippen MR) is 157 cm³/mol. The van der Waals surface area contributed by atoms with Crippen molar-refractivity contribution >= 4 is 28.8 Å². The summed E-state index contributed by atoms with van der Waals surface area (Å²) in [6.45, 7) is 0. The van der Waals surface area contributed by atoms with Crippen LogP contribution in [0.3, 0.4) is 0 Å². The number of rotatable bonds is 5. The molecule has 9 heteroatoms. The number of non-ortho nitro benzene ring substituents is 1. The van der Waals surface area contributed by atoms with Crippen LogP contribution >= 0.6 is 11.3 Å². The van der Waals surface area contributed by atoms with Crippen LogP contribution in [0, 0.1) is 10.1 Å². The quantitative estimate of drug-likeness (QED) is 0.209. The number of hydrogen-bond donors (Lipinski definition) is 0. The molecule has 8 nitrogen and oxygen atoms in total. The van der Waals surface area contributed by atoms with E-state index in [2.05, 4.69) is 12.1 Å². The van der Waals surface area contributed by atoms with Crippen molar-refractivity contribution < 1.29 is 14.1 Å². The van der Waals surface area contributed by atoms with Gasteiger partial charge >= 0.3 is 0 Å². The van der Waals surface area contributed by atoms with E-state index < -0.39 is 4.92 Å². The molecule has 0 unspecified atom stereocenters. The van der Waals surface area contributed by atoms with Crippen molar-refractivity contribution in [2.45, 2.75) is 18.9 Å². The maximum absolute atomic E-state index is 14.0. The minimum absolute atomic E-state index is 0.0107. The molecule has 5 aromatic rings. The number of aromatic nitrogens is 1. The summed E-state index contributed by atoms with van der Waals surface area (Å²) in [6, 6.07) is 25.5. The second-order valence-electron chi connectivity index (χ2n) is 9.86. The lowest BCUT2D eigenvalue weighted by molar-refractivity contribution is -0.384. The highest BCUT2D eigenvalue weighted by Crippen LogP contribution is 2.43. The summed E-state index contributed by atoms with van der Waals surface area (Å²) in [5.74, 6) is 1.78. The van der Waals surface area contributed by atoms with Gasteiger partial charge in [-0.2, -0.15) is 0 Å². The number of para-hydroxylation sites is 1. The van der Waals surface area contributed by atoms with Crippen LogP contribution in [0.2, 0.25) is 0 Å². The first-order chi connectivity index (χ1) is 20.0. The first kappa shape index (κ1) is 25.0. The zero-order valence-corrected chi connectivity index (χ0v) is 22.8. The van der Waals surface area contributed by atoms with Gasteiger partial charge in [-0.05, 0) is 54.3 Å². The third-order valence-electron chi connectivity index (χ3n) is 7.57. The maximum Gasteiger partial charge on any atom is 0.271 e. The van der Waals surface area contributed by atoms with Gasteiger partial charge in [-0.3, -0.25) is 19.5 Å². The van der Waals surface area contributed by atoms with Gasteiger partial charge in [0.25, 0.3) is 11.2 Å². The van der Waals surface area contributed by atoms with E-state index in [9.17, 15) is 14.9 Å². The Bertz CT molecular complexity index is 2050. The summed E-state index contributed by atoms with van der Waals surface area (Å²) in [5.41, 5.74) is 5.87. The Kier molecular flexibility index (Phi) is 6.01. The number of aryl methyl sites for hydroxylation is 1. The van der Waals surface area contributed by atoms with E-state index in [4.69, 9.17) is 14.1 Å². The molecule has 0 N–H and O–H groups in total. The van der Waals surface area contributed by atoms with Crippen molar-refractivity contribution in [3.63, 3.8) is 0 Å². The number of hydrogen-bond acceptors (Lipinski definition) is 7. The highest BCUT2D eigenvalue weighted by atomic mass is 32.1. The first-order valence-electron chi connectivity index (χ1n) is 13.1. The number of nitrogens with zero attached hydrogens (tertiary/aromatic N) is 3. The molecule has 0 amide bonds. The van der Waals surface area contributed by atoms with Crippen LogP contribution in [-0.4, -0.2) is 16.6 Å². The van der Waals surface area contributed by atoms with E-state index in [0.717, 1.165) is 41.0 Å². The zero-order chi connectivity index (χ0) is 28.1. The number of benzene rings is 3. The minimum Gasteiger partial charge on any atom is -0.496 e. The molecule has 1 aliphatic heterocycles. The number of ether oxygens (including phenoxy) is 1. The molecule has 0 saturated heterocycles. The Morgan fingerprint density at radius 1 is 1.02 bits per heavy atom. The molecule has 41 heavy (non-hydrogen) atoms. The lowest BCUT2D eigenvalue weighted by Gasteiger charge is -2.31. The smallest absolute Gasteiger partial charge is 0.271 e. The highest BCUT2D eigenvalue weighted by Gasteiger charge is 2.34. The molecule has 1 aliphatic carbocycles. The van der Waals surface area contributed by atoms with Crippen LogP contribution in [0.15, 0.2) is 105 Å². The monoisotopic (exact) mass is 561 g/mol. The van der Waals surface area contributed by atoms with Crippen LogP contribution in [0.1, 0.15) is 34.9 Å². The van der Waals surface area contributed by atoms with Crippen molar-refractivity contribution in [3.05, 3.63) is 143 Å². The molecule has 2 aromatic heterocycles. The van der Waals surface area contributed by atoms with E-state index in [-0.39, 0.29) is 17.3 Å². The van der Waals surface area contributed by atoms with Crippen molar-refractivity contribution in [2.24, 2.45) is 4.99 Å². The fourth-order valence-electron chi connectivity index (χ4n) is 5.65. The Labute approximate surface area is 238 Å². The topological polar surface area (TPSA) is 99.9 Å². The first-order valence-corrected chi connectivity index (χ1v) is 13.9. The Balaban J connectivity index is 1.38. The number of furan rings is 1. The van der Waals surface area contributed by atoms with Gasteiger partial charge in [-0.1, -0.05) is 53.8 Å². The standard InChI is InChI=1S/C32H23N3O5S/c1-39-27-9-5-4-8-24(27)30-25-16-12-19-6-2-3-7-23(19)29(25)33-32-34(30)31(36)28(41-32)18-22-15-17-26(40-22)20-10-13-21(14-11-20)35(37)38/h2-11,13-15,17-18,30H,12,16H2,1H3/b28-18-/t30-/m0/s1. The lowest BCUT2D eigenvalue weighted by atomic mass is 9.83. The third-order valence-corrected chi connectivity index (χ3v) is 8.55. The second kappa shape index (κ2) is 9.87. The molecule has 2 aliphatic rings. The van der Waals surface area contributed by atoms with E-state index in [0.29, 0.717) is 26.4 Å². The fourth-order valence-corrected chi connectivity index (χ4v) is 6.63. The molecular weight excluding hydrogens is 538 g/mol. The van der Waals surface area contributed by atoms with Crippen molar-refractivity contribution in [3.8, 4) is 17.1 Å². The number of thiazole rings is 1. The fraction of sp³-hybridized carbons (Fsp3) is 0.125. The van der Waals surface area contributed by atoms with Crippen molar-refractivity contribution in [2.75, 3.05) is 7.11 Å². The van der Waals surface area contributed by atoms with Gasteiger partial charge < -0.3 is 9.15 Å². The average Bonchev–Trinajstić information content (AvgIpc) is 3.60. The molecule has 0 radical (unpaired) electrons. The molecule has 1 atom stereocenters. The molecule has 202 valence electrons. The minimum atomic E-state index is -0.439. The van der Waals surface area contributed by atoms with Gasteiger partial charge in [-0.25, -0.2) is 4.99 Å². The van der Waals surface area contributed by atoms with Crippen molar-refractivity contribution in [1.82, 2.24) is 4.57 Å². The van der Waals surface area contributed by atoms with Crippen molar-refractivity contribution in [1.29, 1.82) is 0 Å². The summed E-state index contributed by atoms with van der Waals surface area (Å²) in [7, 11) is 1.65. The Morgan fingerprint density at radius 2 is 1.80 bits per heavy atom. The van der Waals surface area contributed by atoms with Gasteiger partial charge in [0, 0.05) is 34.9 Å². The van der Waals surface area contributed by atoms with Crippen LogP contribution in [0.25, 0.3) is 23.1 Å². The number of allylic oxidation sites excluding steroid dienone is 1. The van der Waals surface area contributed by atoms with Crippen LogP contribution in [0.5, 0.6) is 5.75 Å². The molecule has 0 spiro atoms. The number of fused-ring (bicyclic) bond motifs is 3. The van der Waals surface area contributed by atoms with Gasteiger partial charge in [0.05, 0.1) is 28.3 Å². The number of nitro benzene ring substituents is 1. The maximum atomic E-state index is 14.0. The highest BCUT2D eigenvalue weighted by molar-refractivity contribution is 7.07. The summed E-state index contributed by atoms with van der Waals surface area (Å²) in [4.78, 5) is 30.2. The molecular formula is C32H23N3O5S. The summed E-state index contributed by atoms with van der Waals surface area (Å²) >= 11 is 1.33. The van der Waals surface area contributed by atoms with E-state index in [1.54, 1.807) is 42.0 Å². The van der Waals surface area contributed by atoms with E-state index in [1.807, 2.05) is 36.4 Å². The molecule has 3 heterocycles. The Morgan fingerprint density at radius 3 is 2.61 bits per heavy atom. The van der Waals surface area contributed by atoms with Crippen LogP contribution < -0.4 is 19.6 Å². The van der Waals surface area contributed by atoms with Crippen LogP contribution in [-0.2, 0) is 6.42 Å². The average molecular weight is 562 g/mol. The predicted octanol–water partition coefficient (Wildman–Crippen LogP) is 5.50. The second-order valence-corrected chi connectivity index (χ2v) is 10.9. The van der Waals surface area contributed by atoms with Gasteiger partial charge in [0.15, 0.2) is 4.80 Å². The molecule has 0 bridgehead atoms. The lowest BCUT2D eigenvalue weighted by Crippen LogP contribution is -2.38. The summed E-state index contributed by atoms with van der Waals surface area (Å²) in [5, 5.41) is 11.0. The molecule has 0 fully saturated rings. The SMILES string of the molecule is COc1ccccc1[C@H]1C2=C(N=c3s/c(=C\c4ccc(-c5ccc([N+](=O)[O-])cc5)o4)c(=O)n31)c1ccccc1CC2. The van der Waals surface area contributed by atoms with Gasteiger partial charge in [0.2, 0.25) is 0 Å². The Hall–Kier alpha value is -5.02. The van der Waals surface area contributed by atoms with Crippen LogP contribution in [0.4, 0.5) is 5.69 Å². The molecule has 0 saturated carbocycles. The van der Waals surface area contributed by atoms with E-state index in [1.165, 1.54) is 29.0 Å². The molecule has 7 rings (SSSR count). The largest absolute Gasteiger partial charge is 0.496 e. The van der Waals surface area contributed by atoms with Gasteiger partial charge in [0.1, 0.15) is 17.3 Å². The molecule has 3 aromatic carbocycles. The van der Waals surface area contributed by atoms with E-state index >= 15 is 0 Å². The third kappa shape index (κ3) is 4.22. The zero-order valence-electron chi connectivity index (χ0n) is 21.9. The summed E-state index contributed by atoms with van der Waals surface area (Å²) in [6.07, 6.45) is 3.40. The van der Waals surface area contributed by atoms with Gasteiger partial charge in [-0.15, -0.1) is 0 Å². The normalized spacial score (nSPS) is 16.0. The number of methoxy groups -OCH3 is 1. The number of nitro groups is 1.